The van der Waals surface area contributed by atoms with Crippen molar-refractivity contribution in [3.8, 4) is 5.75 Å². The van der Waals surface area contributed by atoms with E-state index in [1.165, 1.54) is 0 Å². The van der Waals surface area contributed by atoms with Crippen molar-refractivity contribution < 1.29 is 14.3 Å². The van der Waals surface area contributed by atoms with Crippen LogP contribution in [0, 0.1) is 13.8 Å². The van der Waals surface area contributed by atoms with Gasteiger partial charge >= 0.3 is 5.97 Å². The van der Waals surface area contributed by atoms with Crippen molar-refractivity contribution in [2.24, 2.45) is 5.73 Å². The van der Waals surface area contributed by atoms with Gasteiger partial charge in [0.15, 0.2) is 0 Å². The first-order valence-corrected chi connectivity index (χ1v) is 7.06. The normalized spacial score (nSPS) is 10.2. The Balaban J connectivity index is 2.29. The van der Waals surface area contributed by atoms with E-state index in [1.807, 2.05) is 0 Å². The number of benzene rings is 2. The Morgan fingerprint density at radius 3 is 2.00 bits per heavy atom. The molecule has 2 aromatic rings. The number of carbonyl (C=O) groups excluding carboxylic acids is 2. The number of hydrogen-bond donors (Lipinski definition) is 1. The molecule has 108 valence electrons. The van der Waals surface area contributed by atoms with Crippen LogP contribution in [0.1, 0.15) is 31.8 Å². The fraction of sp³-hybridized carbons (Fsp3) is 0.125. The quantitative estimate of drug-likeness (QED) is 0.683. The highest BCUT2D eigenvalue weighted by Gasteiger charge is 2.14. The molecule has 0 atom stereocenters. The Morgan fingerprint density at radius 2 is 1.52 bits per heavy atom. The highest BCUT2D eigenvalue weighted by Crippen LogP contribution is 2.26. The molecule has 4 nitrogen and oxygen atoms in total. The summed E-state index contributed by atoms with van der Waals surface area (Å²) in [5.41, 5.74) is 7.49. The van der Waals surface area contributed by atoms with E-state index in [-0.39, 0.29) is 0 Å². The first-order valence-electron chi connectivity index (χ1n) is 6.27. The van der Waals surface area contributed by atoms with E-state index >= 15 is 0 Å². The number of nitrogens with two attached hydrogens (primary N) is 1. The lowest BCUT2D eigenvalue weighted by Crippen LogP contribution is -2.14. The summed E-state index contributed by atoms with van der Waals surface area (Å²) in [6.45, 7) is 3.53. The molecule has 5 heteroatoms. The highest BCUT2D eigenvalue weighted by molar-refractivity contribution is 9.10. The second-order valence-electron chi connectivity index (χ2n) is 4.70. The maximum absolute atomic E-state index is 12.1. The summed E-state index contributed by atoms with van der Waals surface area (Å²) in [4.78, 5) is 23.3. The predicted molar refractivity (Wildman–Crippen MR) is 83.5 cm³/mol. The second kappa shape index (κ2) is 6.10. The van der Waals surface area contributed by atoms with E-state index in [0.717, 1.165) is 4.47 Å². The van der Waals surface area contributed by atoms with Crippen molar-refractivity contribution in [2.75, 3.05) is 0 Å². The van der Waals surface area contributed by atoms with Crippen LogP contribution in [0.25, 0.3) is 0 Å². The zero-order chi connectivity index (χ0) is 15.6. The Labute approximate surface area is 131 Å². The van der Waals surface area contributed by atoms with Crippen molar-refractivity contribution in [1.82, 2.24) is 0 Å². The molecule has 21 heavy (non-hydrogen) atoms. The lowest BCUT2D eigenvalue weighted by molar-refractivity contribution is 0.0732. The third-order valence-corrected chi connectivity index (χ3v) is 3.55. The fourth-order valence-electron chi connectivity index (χ4n) is 1.99. The van der Waals surface area contributed by atoms with E-state index in [1.54, 1.807) is 50.2 Å². The number of carbonyl (C=O) groups is 2. The molecular formula is C16H14BrNO3. The van der Waals surface area contributed by atoms with Crippen molar-refractivity contribution >= 4 is 27.8 Å². The molecule has 0 fully saturated rings. The minimum absolute atomic E-state index is 0.397. The van der Waals surface area contributed by atoms with Crippen LogP contribution in [0.3, 0.4) is 0 Å². The number of halogens is 1. The third-order valence-electron chi connectivity index (χ3n) is 3.02. The molecule has 0 heterocycles. The minimum Gasteiger partial charge on any atom is -0.422 e. The number of primary amides is 1. The van der Waals surface area contributed by atoms with Crippen molar-refractivity contribution in [2.45, 2.75) is 13.8 Å². The Hall–Kier alpha value is -2.14. The number of esters is 1. The number of ether oxygens (including phenoxy) is 1. The maximum Gasteiger partial charge on any atom is 0.343 e. The largest absolute Gasteiger partial charge is 0.422 e. The third kappa shape index (κ3) is 3.49. The monoisotopic (exact) mass is 347 g/mol. The molecule has 0 aliphatic rings. The van der Waals surface area contributed by atoms with Gasteiger partial charge < -0.3 is 10.5 Å². The van der Waals surface area contributed by atoms with Crippen molar-refractivity contribution in [3.63, 3.8) is 0 Å². The molecule has 0 saturated heterocycles. The molecule has 2 N–H and O–H groups in total. The van der Waals surface area contributed by atoms with E-state index in [9.17, 15) is 9.59 Å². The van der Waals surface area contributed by atoms with Gasteiger partial charge in [-0.15, -0.1) is 0 Å². The number of rotatable bonds is 3. The fourth-order valence-corrected chi connectivity index (χ4v) is 2.26. The summed E-state index contributed by atoms with van der Waals surface area (Å²) >= 11 is 3.31. The number of aryl methyl sites for hydroxylation is 2. The molecule has 2 rings (SSSR count). The van der Waals surface area contributed by atoms with Gasteiger partial charge in [-0.1, -0.05) is 15.9 Å². The van der Waals surface area contributed by atoms with E-state index in [0.29, 0.717) is 28.0 Å². The lowest BCUT2D eigenvalue weighted by Gasteiger charge is -2.12. The van der Waals surface area contributed by atoms with Crippen LogP contribution in [0.4, 0.5) is 0 Å². The first kappa shape index (κ1) is 15.3. The first-order chi connectivity index (χ1) is 9.88. The van der Waals surface area contributed by atoms with Crippen LogP contribution in [0.2, 0.25) is 0 Å². The van der Waals surface area contributed by atoms with Gasteiger partial charge in [-0.05, 0) is 61.4 Å². The Morgan fingerprint density at radius 1 is 1.00 bits per heavy atom. The summed E-state index contributed by atoms with van der Waals surface area (Å²) in [5, 5.41) is 0. The molecule has 0 saturated carbocycles. The van der Waals surface area contributed by atoms with Crippen molar-refractivity contribution in [1.29, 1.82) is 0 Å². The summed E-state index contributed by atoms with van der Waals surface area (Å²) in [7, 11) is 0. The summed E-state index contributed by atoms with van der Waals surface area (Å²) < 4.78 is 6.32. The SMILES string of the molecule is Cc1cc(C(N)=O)cc(C)c1OC(=O)c1ccc(Br)cc1. The summed E-state index contributed by atoms with van der Waals surface area (Å²) in [6, 6.07) is 10.1. The molecule has 0 radical (unpaired) electrons. The van der Waals surface area contributed by atoms with Gasteiger partial charge in [0.1, 0.15) is 5.75 Å². The van der Waals surface area contributed by atoms with Crippen LogP contribution in [0.5, 0.6) is 5.75 Å². The molecule has 0 aromatic heterocycles. The van der Waals surface area contributed by atoms with Crippen LogP contribution < -0.4 is 10.5 Å². The van der Waals surface area contributed by atoms with Crippen molar-refractivity contribution in [3.05, 3.63) is 63.1 Å². The average Bonchev–Trinajstić information content (AvgIpc) is 2.43. The molecule has 0 unspecified atom stereocenters. The Bertz CT molecular complexity index is 685. The lowest BCUT2D eigenvalue weighted by atomic mass is 10.1. The molecular weight excluding hydrogens is 334 g/mol. The average molecular weight is 348 g/mol. The van der Waals surface area contributed by atoms with Crippen LogP contribution in [-0.4, -0.2) is 11.9 Å². The number of amides is 1. The van der Waals surface area contributed by atoms with Gasteiger partial charge in [0.05, 0.1) is 5.56 Å². The zero-order valence-corrected chi connectivity index (χ0v) is 13.2. The predicted octanol–water partition coefficient (Wildman–Crippen LogP) is 3.38. The van der Waals surface area contributed by atoms with Gasteiger partial charge in [0.2, 0.25) is 5.91 Å². The summed E-state index contributed by atoms with van der Waals surface area (Å²) in [6.07, 6.45) is 0. The van der Waals surface area contributed by atoms with Crippen LogP contribution in [-0.2, 0) is 0 Å². The molecule has 2 aromatic carbocycles. The molecule has 0 aliphatic carbocycles. The van der Waals surface area contributed by atoms with Gasteiger partial charge in [-0.3, -0.25) is 4.79 Å². The maximum atomic E-state index is 12.1. The molecule has 0 spiro atoms. The molecule has 0 aliphatic heterocycles. The van der Waals surface area contributed by atoms with E-state index < -0.39 is 11.9 Å². The summed E-state index contributed by atoms with van der Waals surface area (Å²) in [5.74, 6) is -0.500. The smallest absolute Gasteiger partial charge is 0.343 e. The highest BCUT2D eigenvalue weighted by atomic mass is 79.9. The minimum atomic E-state index is -0.507. The zero-order valence-electron chi connectivity index (χ0n) is 11.6. The van der Waals surface area contributed by atoms with E-state index in [4.69, 9.17) is 10.5 Å². The number of hydrogen-bond acceptors (Lipinski definition) is 3. The van der Waals surface area contributed by atoms with Gasteiger partial charge in [-0.2, -0.15) is 0 Å². The van der Waals surface area contributed by atoms with E-state index in [2.05, 4.69) is 15.9 Å². The van der Waals surface area contributed by atoms with Gasteiger partial charge in [-0.25, -0.2) is 4.79 Å². The second-order valence-corrected chi connectivity index (χ2v) is 5.62. The molecule has 1 amide bonds. The van der Waals surface area contributed by atoms with Crippen LogP contribution >= 0.6 is 15.9 Å². The molecule has 0 bridgehead atoms. The Kier molecular flexibility index (Phi) is 4.43. The van der Waals surface area contributed by atoms with Gasteiger partial charge in [0, 0.05) is 10.0 Å². The van der Waals surface area contributed by atoms with Gasteiger partial charge in [0.25, 0.3) is 0 Å². The topological polar surface area (TPSA) is 69.4 Å². The standard InChI is InChI=1S/C16H14BrNO3/c1-9-7-12(15(18)19)8-10(2)14(9)21-16(20)11-3-5-13(17)6-4-11/h3-8H,1-2H3,(H2,18,19). The van der Waals surface area contributed by atoms with Crippen LogP contribution in [0.15, 0.2) is 40.9 Å².